The molecule has 0 radical (unpaired) electrons. The van der Waals surface area contributed by atoms with Gasteiger partial charge >= 0.3 is 5.97 Å². The molecule has 0 atom stereocenters. The summed E-state index contributed by atoms with van der Waals surface area (Å²) < 4.78 is 4.37. The number of hydrogen-bond donors (Lipinski definition) is 0. The summed E-state index contributed by atoms with van der Waals surface area (Å²) in [4.78, 5) is 10.7. The van der Waals surface area contributed by atoms with Gasteiger partial charge in [0.15, 0.2) is 16.3 Å². The van der Waals surface area contributed by atoms with Crippen molar-refractivity contribution in [1.29, 1.82) is 0 Å². The van der Waals surface area contributed by atoms with Crippen molar-refractivity contribution in [3.63, 3.8) is 0 Å². The van der Waals surface area contributed by atoms with Gasteiger partial charge in [-0.3, -0.25) is 4.79 Å². The lowest BCUT2D eigenvalue weighted by Gasteiger charge is -2.05. The van der Waals surface area contributed by atoms with Gasteiger partial charge in [-0.2, -0.15) is 0 Å². The average Bonchev–Trinajstić information content (AvgIpc) is 1.90. The molecule has 0 saturated heterocycles. The topological polar surface area (TPSA) is 26.3 Å². The molecule has 54 valence electrons. The minimum atomic E-state index is -0.167. The first kappa shape index (κ1) is 8.95. The predicted octanol–water partition coefficient (Wildman–Crippen LogP) is 2.28. The van der Waals surface area contributed by atoms with E-state index in [1.165, 1.54) is 0 Å². The van der Waals surface area contributed by atoms with Gasteiger partial charge in [-0.1, -0.05) is 13.8 Å². The summed E-state index contributed by atoms with van der Waals surface area (Å²) in [7, 11) is 0. The molecule has 0 unspecified atom stereocenters. The van der Waals surface area contributed by atoms with Crippen LogP contribution < -0.4 is 0 Å². The zero-order valence-corrected chi connectivity index (χ0v) is 7.27. The number of carbonyl (C=O) groups excluding carboxylic acids is 1. The first-order chi connectivity index (χ1) is 4.26. The van der Waals surface area contributed by atoms with Gasteiger partial charge in [-0.25, -0.2) is 0 Å². The number of halogens is 1. The highest BCUT2D eigenvalue weighted by Gasteiger charge is 2.13. The first-order valence-corrected chi connectivity index (χ1v) is 3.73. The standard InChI is InChI=1S/C6H11BrO2/c1-3-5(4-2)6(8)9-7/h5H,3-4H2,1-2H3. The Morgan fingerprint density at radius 1 is 1.56 bits per heavy atom. The molecule has 0 aliphatic carbocycles. The summed E-state index contributed by atoms with van der Waals surface area (Å²) in [5.74, 6) is -0.107. The molecule has 0 heterocycles. The van der Waals surface area contributed by atoms with Gasteiger partial charge in [0.1, 0.15) is 0 Å². The number of carbonyl (C=O) groups is 1. The van der Waals surface area contributed by atoms with E-state index < -0.39 is 0 Å². The van der Waals surface area contributed by atoms with Gasteiger partial charge in [-0.05, 0) is 12.8 Å². The maximum atomic E-state index is 10.7. The van der Waals surface area contributed by atoms with E-state index in [-0.39, 0.29) is 11.9 Å². The zero-order valence-electron chi connectivity index (χ0n) is 5.69. The Bertz CT molecular complexity index is 89.1. The Hall–Kier alpha value is -0.0500. The van der Waals surface area contributed by atoms with Crippen LogP contribution in [0.4, 0.5) is 0 Å². The molecule has 0 N–H and O–H groups in total. The van der Waals surface area contributed by atoms with Gasteiger partial charge in [0.05, 0.1) is 5.92 Å². The largest absolute Gasteiger partial charge is 0.383 e. The molecule has 0 saturated carbocycles. The molecule has 0 fully saturated rings. The molecule has 0 aromatic carbocycles. The molecular formula is C6H11BrO2. The van der Waals surface area contributed by atoms with E-state index in [1.807, 2.05) is 13.8 Å². The summed E-state index contributed by atoms with van der Waals surface area (Å²) in [6.45, 7) is 3.94. The Kier molecular flexibility index (Phi) is 4.77. The summed E-state index contributed by atoms with van der Waals surface area (Å²) in [6.07, 6.45) is 1.70. The van der Waals surface area contributed by atoms with E-state index in [2.05, 4.69) is 20.1 Å². The van der Waals surface area contributed by atoms with Crippen LogP contribution in [0.25, 0.3) is 0 Å². The van der Waals surface area contributed by atoms with E-state index in [0.29, 0.717) is 0 Å². The van der Waals surface area contributed by atoms with Crippen molar-refractivity contribution in [2.45, 2.75) is 26.7 Å². The van der Waals surface area contributed by atoms with Crippen molar-refractivity contribution in [3.8, 4) is 0 Å². The second-order valence-corrected chi connectivity index (χ2v) is 2.23. The minimum Gasteiger partial charge on any atom is -0.383 e. The molecule has 9 heavy (non-hydrogen) atoms. The molecule has 2 nitrogen and oxygen atoms in total. The number of rotatable bonds is 3. The van der Waals surface area contributed by atoms with Crippen LogP contribution in [0.15, 0.2) is 0 Å². The maximum absolute atomic E-state index is 10.7. The van der Waals surface area contributed by atoms with Gasteiger partial charge in [0.25, 0.3) is 0 Å². The van der Waals surface area contributed by atoms with E-state index in [4.69, 9.17) is 0 Å². The van der Waals surface area contributed by atoms with Crippen LogP contribution in [0.2, 0.25) is 0 Å². The molecule has 0 amide bonds. The maximum Gasteiger partial charge on any atom is 0.320 e. The van der Waals surface area contributed by atoms with Gasteiger partial charge in [0, 0.05) is 0 Å². The fourth-order valence-electron chi connectivity index (χ4n) is 0.685. The lowest BCUT2D eigenvalue weighted by atomic mass is 10.0. The van der Waals surface area contributed by atoms with Crippen LogP contribution in [0.3, 0.4) is 0 Å². The highest BCUT2D eigenvalue weighted by molar-refractivity contribution is 9.06. The Labute approximate surface area is 64.0 Å². The first-order valence-electron chi connectivity index (χ1n) is 3.08. The van der Waals surface area contributed by atoms with Gasteiger partial charge in [0.2, 0.25) is 0 Å². The summed E-state index contributed by atoms with van der Waals surface area (Å²) in [5.41, 5.74) is 0. The molecule has 0 bridgehead atoms. The van der Waals surface area contributed by atoms with Crippen molar-refractivity contribution in [3.05, 3.63) is 0 Å². The lowest BCUT2D eigenvalue weighted by molar-refractivity contribution is -0.137. The van der Waals surface area contributed by atoms with Crippen LogP contribution in [-0.2, 0) is 8.62 Å². The smallest absolute Gasteiger partial charge is 0.320 e. The van der Waals surface area contributed by atoms with Crippen LogP contribution in [0, 0.1) is 5.92 Å². The Morgan fingerprint density at radius 3 is 2.11 bits per heavy atom. The van der Waals surface area contributed by atoms with Crippen molar-refractivity contribution < 1.29 is 8.62 Å². The third kappa shape index (κ3) is 2.84. The molecule has 0 aromatic rings. The van der Waals surface area contributed by atoms with Gasteiger partial charge in [-0.15, -0.1) is 0 Å². The van der Waals surface area contributed by atoms with Crippen LogP contribution in [0.5, 0.6) is 0 Å². The minimum absolute atomic E-state index is 0.0596. The normalized spacial score (nSPS) is 9.78. The summed E-state index contributed by atoms with van der Waals surface area (Å²) in [5, 5.41) is 0. The molecule has 0 aromatic heterocycles. The molecule has 0 aliphatic rings. The van der Waals surface area contributed by atoms with E-state index in [0.717, 1.165) is 12.8 Å². The van der Waals surface area contributed by atoms with E-state index >= 15 is 0 Å². The average molecular weight is 195 g/mol. The van der Waals surface area contributed by atoms with Crippen molar-refractivity contribution in [2.75, 3.05) is 0 Å². The quantitative estimate of drug-likeness (QED) is 0.690. The third-order valence-corrected chi connectivity index (χ3v) is 1.71. The fourth-order valence-corrected chi connectivity index (χ4v) is 0.949. The van der Waals surface area contributed by atoms with Crippen molar-refractivity contribution in [1.82, 2.24) is 0 Å². The fraction of sp³-hybridized carbons (Fsp3) is 0.833. The highest BCUT2D eigenvalue weighted by atomic mass is 79.9. The third-order valence-electron chi connectivity index (χ3n) is 1.39. The monoisotopic (exact) mass is 194 g/mol. The van der Waals surface area contributed by atoms with Crippen molar-refractivity contribution >= 4 is 22.2 Å². The molecule has 3 heteroatoms. The Morgan fingerprint density at radius 2 is 2.00 bits per heavy atom. The SMILES string of the molecule is CCC(CC)C(=O)OBr. The van der Waals surface area contributed by atoms with Crippen molar-refractivity contribution in [2.24, 2.45) is 5.92 Å². The lowest BCUT2D eigenvalue weighted by Crippen LogP contribution is -2.11. The summed E-state index contributed by atoms with van der Waals surface area (Å²) in [6, 6.07) is 0. The predicted molar refractivity (Wildman–Crippen MR) is 39.1 cm³/mol. The molecule has 0 spiro atoms. The second-order valence-electron chi connectivity index (χ2n) is 1.91. The molecule has 0 aliphatic heterocycles. The van der Waals surface area contributed by atoms with Crippen LogP contribution in [-0.4, -0.2) is 5.97 Å². The highest BCUT2D eigenvalue weighted by Crippen LogP contribution is 2.10. The van der Waals surface area contributed by atoms with Gasteiger partial charge < -0.3 is 3.83 Å². The van der Waals surface area contributed by atoms with E-state index in [9.17, 15) is 4.79 Å². The van der Waals surface area contributed by atoms with Crippen LogP contribution in [0.1, 0.15) is 26.7 Å². The van der Waals surface area contributed by atoms with E-state index in [1.54, 1.807) is 0 Å². The molecule has 0 rings (SSSR count). The zero-order chi connectivity index (χ0) is 7.28. The second kappa shape index (κ2) is 4.79. The summed E-state index contributed by atoms with van der Waals surface area (Å²) >= 11 is 2.65. The molecular weight excluding hydrogens is 184 g/mol. The van der Waals surface area contributed by atoms with Crippen LogP contribution >= 0.6 is 16.3 Å². The number of hydrogen-bond acceptors (Lipinski definition) is 2. The Balaban J connectivity index is 3.64.